The molecule has 0 aliphatic rings. The molecule has 18 heavy (non-hydrogen) atoms. The molecule has 104 valence electrons. The van der Waals surface area contributed by atoms with Crippen molar-refractivity contribution in [1.82, 2.24) is 0 Å². The number of hydrogen-bond donors (Lipinski definition) is 0. The average Bonchev–Trinajstić information content (AvgIpc) is 2.35. The minimum Gasteiger partial charge on any atom is -0.461 e. The van der Waals surface area contributed by atoms with Gasteiger partial charge in [0.1, 0.15) is 14.2 Å². The van der Waals surface area contributed by atoms with Crippen molar-refractivity contribution >= 4 is 17.4 Å². The lowest BCUT2D eigenvalue weighted by molar-refractivity contribution is -0.135. The van der Waals surface area contributed by atoms with Gasteiger partial charge >= 0.3 is 5.97 Å². The molecular weight excluding hydrogens is 236 g/mol. The van der Waals surface area contributed by atoms with Gasteiger partial charge < -0.3 is 14.4 Å². The highest BCUT2D eigenvalue weighted by Crippen LogP contribution is 2.05. The second-order valence-corrected chi connectivity index (χ2v) is 3.56. The number of carbonyl (C=O) groups excluding carboxylic acids is 1. The molecule has 0 saturated heterocycles. The fourth-order valence-electron chi connectivity index (χ4n) is 1.34. The Kier molecular flexibility index (Phi) is 9.62. The summed E-state index contributed by atoms with van der Waals surface area (Å²) in [6, 6.07) is 0. The Labute approximate surface area is 108 Å². The standard InChI is InChI=1S/C12H22N2O4/c1-5-7-8-10(13-16-3)9-11(14-17-4)12(15)18-6-2/h5-9H2,1-4H3/b13-10-,14-11-. The Morgan fingerprint density at radius 1 is 1.11 bits per heavy atom. The predicted molar refractivity (Wildman–Crippen MR) is 69.7 cm³/mol. The molecule has 6 nitrogen and oxygen atoms in total. The number of rotatable bonds is 9. The first kappa shape index (κ1) is 16.4. The van der Waals surface area contributed by atoms with Crippen LogP contribution < -0.4 is 0 Å². The molecule has 0 atom stereocenters. The quantitative estimate of drug-likeness (QED) is 0.361. The van der Waals surface area contributed by atoms with Crippen LogP contribution in [-0.2, 0) is 19.2 Å². The van der Waals surface area contributed by atoms with Crippen LogP contribution in [0.2, 0.25) is 0 Å². The molecular formula is C12H22N2O4. The van der Waals surface area contributed by atoms with Crippen LogP contribution in [0, 0.1) is 0 Å². The lowest BCUT2D eigenvalue weighted by Gasteiger charge is -2.07. The van der Waals surface area contributed by atoms with Crippen molar-refractivity contribution in [3.05, 3.63) is 0 Å². The molecule has 0 aliphatic heterocycles. The lowest BCUT2D eigenvalue weighted by Crippen LogP contribution is -2.21. The second kappa shape index (κ2) is 10.6. The van der Waals surface area contributed by atoms with Crippen molar-refractivity contribution in [1.29, 1.82) is 0 Å². The molecule has 0 radical (unpaired) electrons. The zero-order chi connectivity index (χ0) is 13.8. The van der Waals surface area contributed by atoms with Crippen LogP contribution in [0.3, 0.4) is 0 Å². The number of esters is 1. The predicted octanol–water partition coefficient (Wildman–Crippen LogP) is 2.13. The van der Waals surface area contributed by atoms with Gasteiger partial charge in [-0.1, -0.05) is 23.7 Å². The minimum absolute atomic E-state index is 0.200. The number of carbonyl (C=O) groups is 1. The van der Waals surface area contributed by atoms with E-state index in [1.165, 1.54) is 14.2 Å². The maximum absolute atomic E-state index is 11.6. The molecule has 0 aromatic carbocycles. The van der Waals surface area contributed by atoms with E-state index in [2.05, 4.69) is 22.1 Å². The first-order chi connectivity index (χ1) is 8.69. The first-order valence-corrected chi connectivity index (χ1v) is 6.05. The maximum Gasteiger partial charge on any atom is 0.356 e. The van der Waals surface area contributed by atoms with E-state index in [1.54, 1.807) is 6.92 Å². The van der Waals surface area contributed by atoms with Crippen molar-refractivity contribution in [2.75, 3.05) is 20.8 Å². The molecule has 0 unspecified atom stereocenters. The Morgan fingerprint density at radius 3 is 2.28 bits per heavy atom. The molecule has 0 saturated carbocycles. The van der Waals surface area contributed by atoms with E-state index in [0.29, 0.717) is 6.61 Å². The zero-order valence-corrected chi connectivity index (χ0v) is 11.6. The highest BCUT2D eigenvalue weighted by molar-refractivity contribution is 6.39. The molecule has 6 heteroatoms. The van der Waals surface area contributed by atoms with Crippen LogP contribution in [-0.4, -0.2) is 38.2 Å². The minimum atomic E-state index is -0.486. The molecule has 0 N–H and O–H groups in total. The monoisotopic (exact) mass is 258 g/mol. The van der Waals surface area contributed by atoms with E-state index in [9.17, 15) is 4.79 Å². The van der Waals surface area contributed by atoms with Gasteiger partial charge in [-0.3, -0.25) is 0 Å². The van der Waals surface area contributed by atoms with Crippen molar-refractivity contribution in [2.45, 2.75) is 39.5 Å². The summed E-state index contributed by atoms with van der Waals surface area (Å²) in [6.07, 6.45) is 3.05. The third kappa shape index (κ3) is 6.88. The number of unbranched alkanes of at least 4 members (excludes halogenated alkanes) is 1. The summed E-state index contributed by atoms with van der Waals surface area (Å²) in [5.74, 6) is -0.486. The van der Waals surface area contributed by atoms with Gasteiger partial charge in [0, 0.05) is 6.42 Å². The van der Waals surface area contributed by atoms with Crippen LogP contribution >= 0.6 is 0 Å². The number of ether oxygens (including phenoxy) is 1. The summed E-state index contributed by atoms with van der Waals surface area (Å²) in [7, 11) is 2.86. The molecule has 0 bridgehead atoms. The van der Waals surface area contributed by atoms with Gasteiger partial charge in [-0.25, -0.2) is 4.79 Å². The molecule has 0 fully saturated rings. The Morgan fingerprint density at radius 2 is 1.78 bits per heavy atom. The largest absolute Gasteiger partial charge is 0.461 e. The fourth-order valence-corrected chi connectivity index (χ4v) is 1.34. The number of oxime groups is 2. The third-order valence-corrected chi connectivity index (χ3v) is 2.12. The highest BCUT2D eigenvalue weighted by Gasteiger charge is 2.17. The maximum atomic E-state index is 11.6. The average molecular weight is 258 g/mol. The van der Waals surface area contributed by atoms with Gasteiger partial charge in [0.2, 0.25) is 0 Å². The van der Waals surface area contributed by atoms with Gasteiger partial charge in [0.15, 0.2) is 5.71 Å². The topological polar surface area (TPSA) is 69.5 Å². The van der Waals surface area contributed by atoms with Crippen molar-refractivity contribution in [3.63, 3.8) is 0 Å². The van der Waals surface area contributed by atoms with E-state index in [0.717, 1.165) is 25.0 Å². The Bertz CT molecular complexity index is 300. The Hall–Kier alpha value is -1.59. The summed E-state index contributed by atoms with van der Waals surface area (Å²) in [5.41, 5.74) is 0.953. The molecule has 0 aliphatic carbocycles. The first-order valence-electron chi connectivity index (χ1n) is 6.05. The second-order valence-electron chi connectivity index (χ2n) is 3.56. The van der Waals surface area contributed by atoms with Crippen LogP contribution in [0.4, 0.5) is 0 Å². The van der Waals surface area contributed by atoms with Gasteiger partial charge in [-0.05, 0) is 19.8 Å². The van der Waals surface area contributed by atoms with Gasteiger partial charge in [-0.15, -0.1) is 0 Å². The van der Waals surface area contributed by atoms with Crippen LogP contribution in [0.25, 0.3) is 0 Å². The normalized spacial score (nSPS) is 12.2. The molecule has 0 rings (SSSR count). The summed E-state index contributed by atoms with van der Waals surface area (Å²) in [5, 5.41) is 7.58. The number of hydrogen-bond acceptors (Lipinski definition) is 6. The molecule has 0 aromatic heterocycles. The summed E-state index contributed by atoms with van der Waals surface area (Å²) < 4.78 is 4.89. The highest BCUT2D eigenvalue weighted by atomic mass is 16.6. The third-order valence-electron chi connectivity index (χ3n) is 2.12. The van der Waals surface area contributed by atoms with Gasteiger partial charge in [0.25, 0.3) is 0 Å². The number of nitrogens with zero attached hydrogens (tertiary/aromatic N) is 2. The van der Waals surface area contributed by atoms with Crippen LogP contribution in [0.1, 0.15) is 39.5 Å². The fraction of sp³-hybridized carbons (Fsp3) is 0.750. The summed E-state index contributed by atoms with van der Waals surface area (Å²) in [6.45, 7) is 4.12. The molecule has 0 heterocycles. The summed E-state index contributed by atoms with van der Waals surface area (Å²) >= 11 is 0. The SMILES string of the molecule is CCCC/C(C/C(=N/OC)C(=O)OCC)=N/OC. The van der Waals surface area contributed by atoms with Gasteiger partial charge in [-0.2, -0.15) is 0 Å². The molecule has 0 spiro atoms. The molecule has 0 aromatic rings. The Balaban J connectivity index is 4.66. The van der Waals surface area contributed by atoms with E-state index in [4.69, 9.17) is 9.57 Å². The van der Waals surface area contributed by atoms with E-state index in [1.807, 2.05) is 0 Å². The van der Waals surface area contributed by atoms with Crippen molar-refractivity contribution < 1.29 is 19.2 Å². The van der Waals surface area contributed by atoms with Crippen LogP contribution in [0.5, 0.6) is 0 Å². The lowest BCUT2D eigenvalue weighted by atomic mass is 10.1. The van der Waals surface area contributed by atoms with E-state index >= 15 is 0 Å². The van der Waals surface area contributed by atoms with Crippen molar-refractivity contribution in [2.24, 2.45) is 10.3 Å². The smallest absolute Gasteiger partial charge is 0.356 e. The molecule has 0 amide bonds. The van der Waals surface area contributed by atoms with Gasteiger partial charge in [0.05, 0.1) is 12.3 Å². The zero-order valence-electron chi connectivity index (χ0n) is 11.6. The van der Waals surface area contributed by atoms with E-state index in [-0.39, 0.29) is 12.1 Å². The van der Waals surface area contributed by atoms with Crippen LogP contribution in [0.15, 0.2) is 10.3 Å². The van der Waals surface area contributed by atoms with Crippen molar-refractivity contribution in [3.8, 4) is 0 Å². The summed E-state index contributed by atoms with van der Waals surface area (Å²) in [4.78, 5) is 21.0. The van der Waals surface area contributed by atoms with E-state index < -0.39 is 5.97 Å².